The Hall–Kier alpha value is -1.39. The smallest absolute Gasteiger partial charge is 0.255 e. The topological polar surface area (TPSA) is 47.0 Å². The van der Waals surface area contributed by atoms with Gasteiger partial charge in [-0.15, -0.1) is 0 Å². The first-order valence-corrected chi connectivity index (χ1v) is 6.11. The molecule has 0 bridgehead atoms. The van der Waals surface area contributed by atoms with E-state index in [-0.39, 0.29) is 5.88 Å². The van der Waals surface area contributed by atoms with E-state index < -0.39 is 5.82 Å². The Morgan fingerprint density at radius 1 is 1.33 bits per heavy atom. The van der Waals surface area contributed by atoms with Crippen molar-refractivity contribution in [2.45, 2.75) is 27.7 Å². The number of ether oxygens (including phenoxy) is 1. The van der Waals surface area contributed by atoms with Crippen molar-refractivity contribution in [3.05, 3.63) is 12.0 Å². The number of aromatic nitrogens is 2. The molecule has 18 heavy (non-hydrogen) atoms. The molecule has 0 spiro atoms. The molecule has 4 nitrogen and oxygen atoms in total. The van der Waals surface area contributed by atoms with Crippen LogP contribution in [0, 0.1) is 22.6 Å². The molecule has 1 aromatic heterocycles. The van der Waals surface area contributed by atoms with Gasteiger partial charge in [0.15, 0.2) is 0 Å². The fourth-order valence-electron chi connectivity index (χ4n) is 2.62. The summed E-state index contributed by atoms with van der Waals surface area (Å²) in [4.78, 5) is 7.87. The molecular weight excluding hydrogens is 233 g/mol. The van der Waals surface area contributed by atoms with Crippen molar-refractivity contribution in [3.63, 3.8) is 0 Å². The van der Waals surface area contributed by atoms with Crippen molar-refractivity contribution in [3.8, 4) is 5.88 Å². The van der Waals surface area contributed by atoms with Gasteiger partial charge < -0.3 is 10.1 Å². The van der Waals surface area contributed by atoms with Crippen LogP contribution >= 0.6 is 0 Å². The maximum Gasteiger partial charge on any atom is 0.255 e. The molecule has 0 atom stereocenters. The number of rotatable bonds is 4. The van der Waals surface area contributed by atoms with E-state index in [0.29, 0.717) is 22.7 Å². The monoisotopic (exact) mass is 253 g/mol. The highest BCUT2D eigenvalue weighted by molar-refractivity contribution is 5.30. The van der Waals surface area contributed by atoms with Crippen LogP contribution in [0.5, 0.6) is 5.88 Å². The summed E-state index contributed by atoms with van der Waals surface area (Å²) >= 11 is 0. The Bertz CT molecular complexity index is 446. The second-order valence-electron chi connectivity index (χ2n) is 5.93. The maximum atomic E-state index is 13.1. The lowest BCUT2D eigenvalue weighted by Crippen LogP contribution is -2.11. The lowest BCUT2D eigenvalue weighted by Gasteiger charge is -2.07. The fourth-order valence-corrected chi connectivity index (χ4v) is 2.62. The number of hydrogen-bond donors (Lipinski definition) is 1. The molecule has 1 heterocycles. The molecule has 1 N–H and O–H groups in total. The minimum atomic E-state index is -0.546. The molecule has 0 aromatic carbocycles. The van der Waals surface area contributed by atoms with Crippen molar-refractivity contribution in [1.82, 2.24) is 9.97 Å². The minimum Gasteiger partial charge on any atom is -0.479 e. The second-order valence-corrected chi connectivity index (χ2v) is 5.93. The third-order valence-corrected chi connectivity index (χ3v) is 4.69. The number of hydrogen-bond acceptors (Lipinski definition) is 4. The molecular formula is C13H20FN3O. The van der Waals surface area contributed by atoms with E-state index in [2.05, 4.69) is 43.0 Å². The largest absolute Gasteiger partial charge is 0.479 e. The maximum absolute atomic E-state index is 13.1. The standard InChI is InChI=1S/C13H20FN3O/c1-12(2)9(13(12,3)4)7-16-11-15-6-8(14)10(17-11)18-5/h6,9H,7H2,1-5H3,(H,15,16,17). The van der Waals surface area contributed by atoms with Crippen molar-refractivity contribution in [1.29, 1.82) is 0 Å². The van der Waals surface area contributed by atoms with Gasteiger partial charge in [0.2, 0.25) is 11.8 Å². The zero-order valence-corrected chi connectivity index (χ0v) is 11.5. The predicted octanol–water partition coefficient (Wildman–Crippen LogP) is 2.72. The van der Waals surface area contributed by atoms with E-state index in [1.165, 1.54) is 7.11 Å². The number of nitrogens with zero attached hydrogens (tertiary/aromatic N) is 2. The van der Waals surface area contributed by atoms with Crippen LogP contribution in [0.3, 0.4) is 0 Å². The van der Waals surface area contributed by atoms with Crippen LogP contribution in [0.1, 0.15) is 27.7 Å². The van der Waals surface area contributed by atoms with Crippen LogP contribution in [0.25, 0.3) is 0 Å². The summed E-state index contributed by atoms with van der Waals surface area (Å²) in [5.74, 6) is 0.397. The van der Waals surface area contributed by atoms with Crippen molar-refractivity contribution >= 4 is 5.95 Å². The van der Waals surface area contributed by atoms with Crippen LogP contribution in [0.2, 0.25) is 0 Å². The summed E-state index contributed by atoms with van der Waals surface area (Å²) in [5.41, 5.74) is 0.619. The normalized spacial score (nSPS) is 20.6. The van der Waals surface area contributed by atoms with Gasteiger partial charge >= 0.3 is 0 Å². The van der Waals surface area contributed by atoms with Crippen molar-refractivity contribution < 1.29 is 9.13 Å². The van der Waals surface area contributed by atoms with Crippen molar-refractivity contribution in [2.24, 2.45) is 16.7 Å². The number of methoxy groups -OCH3 is 1. The summed E-state index contributed by atoms with van der Waals surface area (Å²) in [7, 11) is 1.39. The average Bonchev–Trinajstić information content (AvgIpc) is 2.69. The number of nitrogens with one attached hydrogen (secondary N) is 1. The molecule has 1 saturated carbocycles. The van der Waals surface area contributed by atoms with Gasteiger partial charge in [0.25, 0.3) is 5.88 Å². The Morgan fingerprint density at radius 2 is 1.94 bits per heavy atom. The first kappa shape index (κ1) is 13.1. The molecule has 1 aliphatic carbocycles. The summed E-state index contributed by atoms with van der Waals surface area (Å²) in [6.45, 7) is 9.81. The SMILES string of the molecule is COc1nc(NCC2C(C)(C)C2(C)C)ncc1F. The zero-order chi connectivity index (χ0) is 13.6. The molecule has 5 heteroatoms. The van der Waals surface area contributed by atoms with E-state index in [1.54, 1.807) is 0 Å². The molecule has 2 rings (SSSR count). The molecule has 0 aliphatic heterocycles. The first-order chi connectivity index (χ1) is 8.30. The van der Waals surface area contributed by atoms with Crippen LogP contribution in [0.4, 0.5) is 10.3 Å². The Morgan fingerprint density at radius 3 is 2.44 bits per heavy atom. The highest BCUT2D eigenvalue weighted by Gasteiger charge is 2.64. The van der Waals surface area contributed by atoms with Gasteiger partial charge in [-0.25, -0.2) is 4.98 Å². The predicted molar refractivity (Wildman–Crippen MR) is 68.1 cm³/mol. The van der Waals surface area contributed by atoms with Crippen LogP contribution in [-0.4, -0.2) is 23.6 Å². The summed E-state index contributed by atoms with van der Waals surface area (Å²) in [5, 5.41) is 3.15. The number of anilines is 1. The minimum absolute atomic E-state index is 0.0261. The lowest BCUT2D eigenvalue weighted by molar-refractivity contribution is 0.367. The molecule has 0 radical (unpaired) electrons. The fraction of sp³-hybridized carbons (Fsp3) is 0.692. The van der Waals surface area contributed by atoms with E-state index >= 15 is 0 Å². The molecule has 1 aromatic rings. The summed E-state index contributed by atoms with van der Waals surface area (Å²) in [6, 6.07) is 0. The van der Waals surface area contributed by atoms with Gasteiger partial charge in [-0.05, 0) is 16.7 Å². The van der Waals surface area contributed by atoms with E-state index in [0.717, 1.165) is 12.7 Å². The summed E-state index contributed by atoms with van der Waals surface area (Å²) in [6.07, 6.45) is 1.12. The Balaban J connectivity index is 2.00. The third kappa shape index (κ3) is 1.91. The van der Waals surface area contributed by atoms with Gasteiger partial charge in [0, 0.05) is 6.54 Å². The average molecular weight is 253 g/mol. The van der Waals surface area contributed by atoms with E-state index in [4.69, 9.17) is 4.74 Å². The molecule has 1 fully saturated rings. The number of halogens is 1. The molecule has 100 valence electrons. The van der Waals surface area contributed by atoms with Crippen LogP contribution < -0.4 is 10.1 Å². The van der Waals surface area contributed by atoms with Gasteiger partial charge in [0.05, 0.1) is 13.3 Å². The van der Waals surface area contributed by atoms with E-state index in [1.807, 2.05) is 0 Å². The molecule has 1 aliphatic rings. The van der Waals surface area contributed by atoms with Crippen molar-refractivity contribution in [2.75, 3.05) is 19.0 Å². The van der Waals surface area contributed by atoms with Gasteiger partial charge in [-0.2, -0.15) is 9.37 Å². The van der Waals surface area contributed by atoms with Gasteiger partial charge in [0.1, 0.15) is 0 Å². The van der Waals surface area contributed by atoms with Crippen LogP contribution in [-0.2, 0) is 0 Å². The van der Waals surface area contributed by atoms with Gasteiger partial charge in [-0.3, -0.25) is 0 Å². The lowest BCUT2D eigenvalue weighted by atomic mass is 10.0. The molecule has 0 amide bonds. The summed E-state index contributed by atoms with van der Waals surface area (Å²) < 4.78 is 18.0. The van der Waals surface area contributed by atoms with Gasteiger partial charge in [-0.1, -0.05) is 27.7 Å². The molecule has 0 saturated heterocycles. The van der Waals surface area contributed by atoms with E-state index in [9.17, 15) is 4.39 Å². The van der Waals surface area contributed by atoms with Crippen LogP contribution in [0.15, 0.2) is 6.20 Å². The Labute approximate surface area is 107 Å². The second kappa shape index (κ2) is 4.07. The third-order valence-electron chi connectivity index (χ3n) is 4.69. The zero-order valence-electron chi connectivity index (χ0n) is 11.5. The molecule has 0 unspecified atom stereocenters. The first-order valence-electron chi connectivity index (χ1n) is 6.11. The highest BCUT2D eigenvalue weighted by Crippen LogP contribution is 2.68. The highest BCUT2D eigenvalue weighted by atomic mass is 19.1. The Kier molecular flexibility index (Phi) is 2.95. The quantitative estimate of drug-likeness (QED) is 0.896.